The summed E-state index contributed by atoms with van der Waals surface area (Å²) in [6, 6.07) is 4.13. The van der Waals surface area contributed by atoms with Crippen molar-refractivity contribution in [3.8, 4) is 5.75 Å². The van der Waals surface area contributed by atoms with E-state index in [0.717, 1.165) is 11.3 Å². The molecule has 3 heterocycles. The first-order valence-corrected chi connectivity index (χ1v) is 8.48. The molecule has 0 spiro atoms. The third kappa shape index (κ3) is 3.00. The first-order chi connectivity index (χ1) is 12.0. The van der Waals surface area contributed by atoms with Crippen molar-refractivity contribution < 1.29 is 18.7 Å². The summed E-state index contributed by atoms with van der Waals surface area (Å²) < 4.78 is 17.0. The number of ether oxygens (including phenoxy) is 2. The molecule has 2 aromatic rings. The van der Waals surface area contributed by atoms with E-state index in [-0.39, 0.29) is 12.0 Å². The Bertz CT molecular complexity index is 786. The van der Waals surface area contributed by atoms with Gasteiger partial charge in [0.15, 0.2) is 12.2 Å². The molecular weight excluding hydrogens is 322 g/mol. The fraction of sp³-hybridized carbons (Fsp3) is 0.500. The highest BCUT2D eigenvalue weighted by Crippen LogP contribution is 2.32. The number of nitrogens with zero attached hydrogens (tertiary/aromatic N) is 3. The minimum atomic E-state index is -0.473. The molecule has 0 aliphatic carbocycles. The number of aryl methyl sites for hydroxylation is 3. The zero-order valence-corrected chi connectivity index (χ0v) is 14.6. The van der Waals surface area contributed by atoms with E-state index < -0.39 is 6.10 Å². The summed E-state index contributed by atoms with van der Waals surface area (Å²) in [6.07, 6.45) is -0.247. The molecule has 0 N–H and O–H groups in total. The Kier molecular flexibility index (Phi) is 3.95. The Balaban J connectivity index is 1.46. The van der Waals surface area contributed by atoms with Gasteiger partial charge in [0.2, 0.25) is 11.8 Å². The Morgan fingerprint density at radius 2 is 2.00 bits per heavy atom. The maximum atomic E-state index is 12.9. The van der Waals surface area contributed by atoms with Crippen LogP contribution in [0.4, 0.5) is 0 Å². The molecule has 1 saturated heterocycles. The molecule has 132 valence electrons. The lowest BCUT2D eigenvalue weighted by Gasteiger charge is -2.32. The highest BCUT2D eigenvalue weighted by Gasteiger charge is 2.36. The SMILES string of the molecule is Cc1nnc(C2CN(C(=O)C3Cc4cc(C)c(C)cc4O3)CCO2)o1. The number of fused-ring (bicyclic) bond motifs is 1. The van der Waals surface area contributed by atoms with Gasteiger partial charge in [-0.25, -0.2) is 0 Å². The molecule has 1 aromatic carbocycles. The van der Waals surface area contributed by atoms with Crippen molar-refractivity contribution in [1.82, 2.24) is 15.1 Å². The van der Waals surface area contributed by atoms with Crippen LogP contribution in [0.2, 0.25) is 0 Å². The van der Waals surface area contributed by atoms with Crippen LogP contribution in [0, 0.1) is 20.8 Å². The summed E-state index contributed by atoms with van der Waals surface area (Å²) in [5.41, 5.74) is 3.48. The monoisotopic (exact) mass is 343 g/mol. The second-order valence-electron chi connectivity index (χ2n) is 6.66. The minimum absolute atomic E-state index is 0.0176. The van der Waals surface area contributed by atoms with Crippen LogP contribution in [0.5, 0.6) is 5.75 Å². The maximum absolute atomic E-state index is 12.9. The van der Waals surface area contributed by atoms with E-state index in [2.05, 4.69) is 23.2 Å². The van der Waals surface area contributed by atoms with E-state index in [1.54, 1.807) is 11.8 Å². The maximum Gasteiger partial charge on any atom is 0.264 e. The van der Waals surface area contributed by atoms with E-state index in [1.165, 1.54) is 11.1 Å². The van der Waals surface area contributed by atoms with Gasteiger partial charge in [0, 0.05) is 19.9 Å². The molecule has 25 heavy (non-hydrogen) atoms. The van der Waals surface area contributed by atoms with Crippen LogP contribution >= 0.6 is 0 Å². The predicted octanol–water partition coefficient (Wildman–Crippen LogP) is 1.90. The molecular formula is C18H21N3O4. The van der Waals surface area contributed by atoms with Crippen LogP contribution < -0.4 is 4.74 Å². The Morgan fingerprint density at radius 3 is 2.76 bits per heavy atom. The van der Waals surface area contributed by atoms with Gasteiger partial charge in [-0.05, 0) is 36.6 Å². The number of aromatic nitrogens is 2. The quantitative estimate of drug-likeness (QED) is 0.829. The smallest absolute Gasteiger partial charge is 0.264 e. The Hall–Kier alpha value is -2.41. The first kappa shape index (κ1) is 16.1. The van der Waals surface area contributed by atoms with Crippen molar-refractivity contribution in [2.24, 2.45) is 0 Å². The second kappa shape index (κ2) is 6.15. The molecule has 7 nitrogen and oxygen atoms in total. The molecule has 0 radical (unpaired) electrons. The number of carbonyl (C=O) groups excluding carboxylic acids is 1. The average molecular weight is 343 g/mol. The zero-order valence-electron chi connectivity index (χ0n) is 14.6. The van der Waals surface area contributed by atoms with Crippen LogP contribution in [0.1, 0.15) is 34.6 Å². The summed E-state index contributed by atoms with van der Waals surface area (Å²) in [4.78, 5) is 14.7. The second-order valence-corrected chi connectivity index (χ2v) is 6.66. The Labute approximate surface area is 145 Å². The third-order valence-electron chi connectivity index (χ3n) is 4.82. The molecule has 1 amide bonds. The summed E-state index contributed by atoms with van der Waals surface area (Å²) >= 11 is 0. The van der Waals surface area contributed by atoms with Gasteiger partial charge in [-0.15, -0.1) is 10.2 Å². The highest BCUT2D eigenvalue weighted by molar-refractivity contribution is 5.83. The summed E-state index contributed by atoms with van der Waals surface area (Å²) in [5.74, 6) is 1.70. The van der Waals surface area contributed by atoms with Crippen molar-refractivity contribution in [2.45, 2.75) is 39.4 Å². The summed E-state index contributed by atoms with van der Waals surface area (Å²) in [5, 5.41) is 7.83. The van der Waals surface area contributed by atoms with Crippen molar-refractivity contribution >= 4 is 5.91 Å². The number of benzene rings is 1. The van der Waals surface area contributed by atoms with Crippen molar-refractivity contribution in [3.05, 3.63) is 40.6 Å². The van der Waals surface area contributed by atoms with Crippen LogP contribution in [0.3, 0.4) is 0 Å². The van der Waals surface area contributed by atoms with E-state index in [9.17, 15) is 4.79 Å². The van der Waals surface area contributed by atoms with Crippen LogP contribution in [-0.4, -0.2) is 46.8 Å². The summed E-state index contributed by atoms with van der Waals surface area (Å²) in [6.45, 7) is 7.23. The number of carbonyl (C=O) groups is 1. The lowest BCUT2D eigenvalue weighted by Crippen LogP contribution is -2.48. The molecule has 2 aliphatic rings. The van der Waals surface area contributed by atoms with Gasteiger partial charge in [-0.3, -0.25) is 4.79 Å². The standard InChI is InChI=1S/C18H21N3O4/c1-10-6-13-8-15(25-14(13)7-11(10)2)18(22)21-4-5-23-16(9-21)17-20-19-12(3)24-17/h6-7,15-16H,4-5,8-9H2,1-3H3. The Morgan fingerprint density at radius 1 is 1.20 bits per heavy atom. The van der Waals surface area contributed by atoms with Crippen molar-refractivity contribution in [2.75, 3.05) is 19.7 Å². The van der Waals surface area contributed by atoms with Crippen LogP contribution in [-0.2, 0) is 16.0 Å². The van der Waals surface area contributed by atoms with Gasteiger partial charge < -0.3 is 18.8 Å². The molecule has 4 rings (SSSR count). The topological polar surface area (TPSA) is 77.7 Å². The van der Waals surface area contributed by atoms with Crippen LogP contribution in [0.15, 0.2) is 16.5 Å². The van der Waals surface area contributed by atoms with E-state index >= 15 is 0 Å². The number of hydrogen-bond acceptors (Lipinski definition) is 6. The molecule has 0 saturated carbocycles. The number of rotatable bonds is 2. The summed E-state index contributed by atoms with van der Waals surface area (Å²) in [7, 11) is 0. The lowest BCUT2D eigenvalue weighted by molar-refractivity contribution is -0.146. The van der Waals surface area contributed by atoms with Gasteiger partial charge >= 0.3 is 0 Å². The van der Waals surface area contributed by atoms with Crippen molar-refractivity contribution in [1.29, 1.82) is 0 Å². The zero-order chi connectivity index (χ0) is 17.6. The van der Waals surface area contributed by atoms with E-state index in [0.29, 0.717) is 37.9 Å². The third-order valence-corrected chi connectivity index (χ3v) is 4.82. The molecule has 2 unspecified atom stereocenters. The molecule has 0 bridgehead atoms. The van der Waals surface area contributed by atoms with Crippen molar-refractivity contribution in [3.63, 3.8) is 0 Å². The number of amides is 1. The molecule has 2 atom stereocenters. The molecule has 1 fully saturated rings. The fourth-order valence-corrected chi connectivity index (χ4v) is 3.30. The highest BCUT2D eigenvalue weighted by atomic mass is 16.5. The fourth-order valence-electron chi connectivity index (χ4n) is 3.30. The number of hydrogen-bond donors (Lipinski definition) is 0. The minimum Gasteiger partial charge on any atom is -0.480 e. The van der Waals surface area contributed by atoms with Gasteiger partial charge in [-0.1, -0.05) is 6.07 Å². The average Bonchev–Trinajstić information content (AvgIpc) is 3.21. The van der Waals surface area contributed by atoms with Gasteiger partial charge in [0.25, 0.3) is 5.91 Å². The predicted molar refractivity (Wildman–Crippen MR) is 88.3 cm³/mol. The normalized spacial score (nSPS) is 22.6. The lowest BCUT2D eigenvalue weighted by atomic mass is 10.0. The van der Waals surface area contributed by atoms with E-state index in [1.807, 2.05) is 13.0 Å². The van der Waals surface area contributed by atoms with Crippen LogP contribution in [0.25, 0.3) is 0 Å². The first-order valence-electron chi connectivity index (χ1n) is 8.48. The number of morpholine rings is 1. The van der Waals surface area contributed by atoms with E-state index in [4.69, 9.17) is 13.9 Å². The van der Waals surface area contributed by atoms with Gasteiger partial charge in [-0.2, -0.15) is 0 Å². The van der Waals surface area contributed by atoms with Gasteiger partial charge in [0.1, 0.15) is 5.75 Å². The molecule has 2 aliphatic heterocycles. The van der Waals surface area contributed by atoms with Gasteiger partial charge in [0.05, 0.1) is 13.2 Å². The largest absolute Gasteiger partial charge is 0.480 e. The molecule has 1 aromatic heterocycles. The molecule has 7 heteroatoms.